The van der Waals surface area contributed by atoms with Gasteiger partial charge >= 0.3 is 0 Å². The van der Waals surface area contributed by atoms with E-state index >= 15 is 0 Å². The average Bonchev–Trinajstić information content (AvgIpc) is 2.88. The van der Waals surface area contributed by atoms with Crippen LogP contribution in [0.25, 0.3) is 0 Å². The number of hydrogen-bond donors (Lipinski definition) is 1. The Morgan fingerprint density at radius 2 is 1.60 bits per heavy atom. The number of nitrogens with zero attached hydrogens (tertiary/aromatic N) is 1. The van der Waals surface area contributed by atoms with Crippen molar-refractivity contribution < 1.29 is 18.9 Å². The summed E-state index contributed by atoms with van der Waals surface area (Å²) >= 11 is 5.93. The SMILES string of the molecule is COc1cc2c(cc1OC)C(COc1ccccc1OC)N(C(=S)Nc1cccc(C)c1C)CC2. The predicted octanol–water partition coefficient (Wildman–Crippen LogP) is 5.70. The highest BCUT2D eigenvalue weighted by atomic mass is 32.1. The number of aryl methyl sites for hydroxylation is 1. The summed E-state index contributed by atoms with van der Waals surface area (Å²) in [5.41, 5.74) is 5.71. The molecule has 1 aliphatic rings. The number of fused-ring (bicyclic) bond motifs is 1. The monoisotopic (exact) mass is 492 g/mol. The molecule has 35 heavy (non-hydrogen) atoms. The Bertz CT molecular complexity index is 1210. The largest absolute Gasteiger partial charge is 0.493 e. The van der Waals surface area contributed by atoms with Crippen LogP contribution in [0.15, 0.2) is 54.6 Å². The second-order valence-electron chi connectivity index (χ2n) is 8.50. The number of hydrogen-bond acceptors (Lipinski definition) is 5. The Morgan fingerprint density at radius 1 is 0.914 bits per heavy atom. The van der Waals surface area contributed by atoms with Gasteiger partial charge in [-0.1, -0.05) is 24.3 Å². The Balaban J connectivity index is 1.68. The van der Waals surface area contributed by atoms with E-state index in [2.05, 4.69) is 42.3 Å². The molecule has 3 aromatic rings. The van der Waals surface area contributed by atoms with Gasteiger partial charge < -0.3 is 29.2 Å². The third-order valence-corrected chi connectivity index (χ3v) is 6.91. The molecule has 0 aromatic heterocycles. The van der Waals surface area contributed by atoms with E-state index in [-0.39, 0.29) is 6.04 Å². The molecule has 1 atom stereocenters. The minimum absolute atomic E-state index is 0.131. The molecule has 0 fully saturated rings. The van der Waals surface area contributed by atoms with Gasteiger partial charge in [0.05, 0.1) is 27.4 Å². The zero-order valence-electron chi connectivity index (χ0n) is 20.9. The molecule has 1 unspecified atom stereocenters. The maximum atomic E-state index is 6.30. The van der Waals surface area contributed by atoms with Crippen molar-refractivity contribution in [3.8, 4) is 23.0 Å². The van der Waals surface area contributed by atoms with E-state index in [0.717, 1.165) is 30.0 Å². The highest BCUT2D eigenvalue weighted by molar-refractivity contribution is 7.80. The first-order valence-electron chi connectivity index (χ1n) is 11.6. The van der Waals surface area contributed by atoms with E-state index in [4.69, 9.17) is 31.2 Å². The molecule has 184 valence electrons. The summed E-state index contributed by atoms with van der Waals surface area (Å²) in [6.45, 7) is 5.34. The van der Waals surface area contributed by atoms with Crippen molar-refractivity contribution in [1.29, 1.82) is 0 Å². The first kappa shape index (κ1) is 24.7. The normalized spacial score (nSPS) is 14.7. The molecule has 7 heteroatoms. The lowest BCUT2D eigenvalue weighted by atomic mass is 9.92. The van der Waals surface area contributed by atoms with Crippen LogP contribution in [0.3, 0.4) is 0 Å². The summed E-state index contributed by atoms with van der Waals surface area (Å²) in [7, 11) is 4.95. The number of benzene rings is 3. The van der Waals surface area contributed by atoms with Gasteiger partial charge in [-0.3, -0.25) is 0 Å². The van der Waals surface area contributed by atoms with Crippen molar-refractivity contribution in [2.24, 2.45) is 0 Å². The standard InChI is InChI=1S/C28H32N2O4S/c1-18-9-8-10-22(19(18)2)29-28(35)30-14-13-20-15-26(32-4)27(33-5)16-21(20)23(30)17-34-25-12-7-6-11-24(25)31-3/h6-12,15-16,23H,13-14,17H2,1-5H3,(H,29,35). The third-order valence-electron chi connectivity index (χ3n) is 6.58. The lowest BCUT2D eigenvalue weighted by Crippen LogP contribution is -2.44. The van der Waals surface area contributed by atoms with E-state index in [1.54, 1.807) is 21.3 Å². The summed E-state index contributed by atoms with van der Waals surface area (Å²) in [5, 5.41) is 4.13. The summed E-state index contributed by atoms with van der Waals surface area (Å²) in [4.78, 5) is 2.20. The van der Waals surface area contributed by atoms with Crippen molar-refractivity contribution in [3.63, 3.8) is 0 Å². The minimum Gasteiger partial charge on any atom is -0.493 e. The molecule has 0 bridgehead atoms. The fraction of sp³-hybridized carbons (Fsp3) is 0.321. The fourth-order valence-electron chi connectivity index (χ4n) is 4.43. The van der Waals surface area contributed by atoms with Crippen molar-refractivity contribution in [3.05, 3.63) is 76.9 Å². The quantitative estimate of drug-likeness (QED) is 0.424. The van der Waals surface area contributed by atoms with Gasteiger partial charge in [0.1, 0.15) is 6.61 Å². The molecule has 3 aromatic carbocycles. The maximum absolute atomic E-state index is 6.30. The Labute approximate surface area is 212 Å². The van der Waals surface area contributed by atoms with Crippen LogP contribution in [0.2, 0.25) is 0 Å². The third kappa shape index (κ3) is 5.15. The molecule has 0 saturated heterocycles. The number of nitrogens with one attached hydrogen (secondary N) is 1. The number of anilines is 1. The number of para-hydroxylation sites is 2. The average molecular weight is 493 g/mol. The molecule has 0 radical (unpaired) electrons. The lowest BCUT2D eigenvalue weighted by Gasteiger charge is -2.39. The summed E-state index contributed by atoms with van der Waals surface area (Å²) < 4.78 is 23.0. The molecule has 6 nitrogen and oxygen atoms in total. The van der Waals surface area contributed by atoms with E-state index < -0.39 is 0 Å². The first-order chi connectivity index (χ1) is 17.0. The lowest BCUT2D eigenvalue weighted by molar-refractivity contribution is 0.185. The molecule has 0 aliphatic carbocycles. The fourth-order valence-corrected chi connectivity index (χ4v) is 4.76. The van der Waals surface area contributed by atoms with Crippen LogP contribution in [0.1, 0.15) is 28.3 Å². The Kier molecular flexibility index (Phi) is 7.66. The van der Waals surface area contributed by atoms with Gasteiger partial charge in [0.25, 0.3) is 0 Å². The zero-order valence-corrected chi connectivity index (χ0v) is 21.7. The molecule has 1 N–H and O–H groups in total. The van der Waals surface area contributed by atoms with Crippen LogP contribution in [0, 0.1) is 13.8 Å². The van der Waals surface area contributed by atoms with Crippen molar-refractivity contribution in [2.75, 3.05) is 39.8 Å². The molecule has 0 spiro atoms. The van der Waals surface area contributed by atoms with Gasteiger partial charge in [0, 0.05) is 12.2 Å². The van der Waals surface area contributed by atoms with Gasteiger partial charge in [0.2, 0.25) is 0 Å². The zero-order chi connectivity index (χ0) is 24.9. The van der Waals surface area contributed by atoms with Crippen LogP contribution in [-0.4, -0.2) is 44.5 Å². The second kappa shape index (κ2) is 10.9. The van der Waals surface area contributed by atoms with Crippen molar-refractivity contribution in [2.45, 2.75) is 26.3 Å². The molecule has 0 saturated carbocycles. The molecular weight excluding hydrogens is 460 g/mol. The number of ether oxygens (including phenoxy) is 4. The highest BCUT2D eigenvalue weighted by Crippen LogP contribution is 2.39. The maximum Gasteiger partial charge on any atom is 0.174 e. The van der Waals surface area contributed by atoms with Gasteiger partial charge in [-0.2, -0.15) is 0 Å². The number of thiocarbonyl (C=S) groups is 1. The van der Waals surface area contributed by atoms with Gasteiger partial charge in [-0.25, -0.2) is 0 Å². The summed E-state index contributed by atoms with van der Waals surface area (Å²) in [5.74, 6) is 2.79. The topological polar surface area (TPSA) is 52.2 Å². The van der Waals surface area contributed by atoms with E-state index in [0.29, 0.717) is 29.0 Å². The first-order valence-corrected chi connectivity index (χ1v) is 12.0. The van der Waals surface area contributed by atoms with Crippen LogP contribution in [0.5, 0.6) is 23.0 Å². The van der Waals surface area contributed by atoms with Gasteiger partial charge in [-0.05, 0) is 85.1 Å². The van der Waals surface area contributed by atoms with Crippen LogP contribution < -0.4 is 24.3 Å². The van der Waals surface area contributed by atoms with E-state index in [9.17, 15) is 0 Å². The van der Waals surface area contributed by atoms with Gasteiger partial charge in [0.15, 0.2) is 28.1 Å². The number of methoxy groups -OCH3 is 3. The highest BCUT2D eigenvalue weighted by Gasteiger charge is 2.32. The molecular formula is C28H32N2O4S. The van der Waals surface area contributed by atoms with E-state index in [1.807, 2.05) is 36.4 Å². The smallest absolute Gasteiger partial charge is 0.174 e. The minimum atomic E-state index is -0.131. The van der Waals surface area contributed by atoms with Crippen molar-refractivity contribution >= 4 is 23.0 Å². The second-order valence-corrected chi connectivity index (χ2v) is 8.89. The van der Waals surface area contributed by atoms with E-state index in [1.165, 1.54) is 16.7 Å². The van der Waals surface area contributed by atoms with Crippen LogP contribution in [-0.2, 0) is 6.42 Å². The Hall–Kier alpha value is -3.45. The van der Waals surface area contributed by atoms with Crippen LogP contribution >= 0.6 is 12.2 Å². The van der Waals surface area contributed by atoms with Gasteiger partial charge in [-0.15, -0.1) is 0 Å². The molecule has 1 aliphatic heterocycles. The van der Waals surface area contributed by atoms with Crippen molar-refractivity contribution in [1.82, 2.24) is 4.90 Å². The van der Waals surface area contributed by atoms with Crippen LogP contribution in [0.4, 0.5) is 5.69 Å². The predicted molar refractivity (Wildman–Crippen MR) is 143 cm³/mol. The summed E-state index contributed by atoms with van der Waals surface area (Å²) in [6, 6.07) is 17.8. The Morgan fingerprint density at radius 3 is 2.31 bits per heavy atom. The molecule has 1 heterocycles. The molecule has 0 amide bonds. The summed E-state index contributed by atoms with van der Waals surface area (Å²) in [6.07, 6.45) is 0.829. The molecule has 4 rings (SSSR count). The number of rotatable bonds is 7.